The maximum Gasteiger partial charge on any atom is 0.119 e. The van der Waals surface area contributed by atoms with Gasteiger partial charge < -0.3 is 10.5 Å². The van der Waals surface area contributed by atoms with Crippen molar-refractivity contribution in [2.75, 3.05) is 13.8 Å². The first-order chi connectivity index (χ1) is 6.69. The van der Waals surface area contributed by atoms with Crippen LogP contribution in [0, 0.1) is 0 Å². The summed E-state index contributed by atoms with van der Waals surface area (Å²) in [6, 6.07) is 5.22. The Bertz CT molecular complexity index is 311. The largest absolute Gasteiger partial charge is 0.497 e. The van der Waals surface area contributed by atoms with Crippen LogP contribution in [0.2, 0.25) is 0 Å². The molecular formula is C10H14BrClFNO. The predicted molar refractivity (Wildman–Crippen MR) is 65.5 cm³/mol. The van der Waals surface area contributed by atoms with Crippen molar-refractivity contribution in [3.8, 4) is 5.75 Å². The number of nitrogens with two attached hydrogens (primary N) is 1. The van der Waals surface area contributed by atoms with Crippen molar-refractivity contribution >= 4 is 28.3 Å². The van der Waals surface area contributed by atoms with Gasteiger partial charge in [-0.05, 0) is 30.2 Å². The van der Waals surface area contributed by atoms with Gasteiger partial charge in [-0.1, -0.05) is 15.9 Å². The Labute approximate surface area is 104 Å². The van der Waals surface area contributed by atoms with Gasteiger partial charge in [-0.15, -0.1) is 12.4 Å². The van der Waals surface area contributed by atoms with Crippen molar-refractivity contribution in [3.63, 3.8) is 0 Å². The molecule has 0 radical (unpaired) electrons. The third-order valence-electron chi connectivity index (χ3n) is 2.02. The van der Waals surface area contributed by atoms with Gasteiger partial charge in [0.25, 0.3) is 0 Å². The molecule has 1 aromatic rings. The number of hydrogen-bond acceptors (Lipinski definition) is 2. The third kappa shape index (κ3) is 3.97. The van der Waals surface area contributed by atoms with Gasteiger partial charge >= 0.3 is 0 Å². The van der Waals surface area contributed by atoms with E-state index in [1.165, 1.54) is 0 Å². The second kappa shape index (κ2) is 7.04. The van der Waals surface area contributed by atoms with Crippen molar-refractivity contribution in [2.45, 2.75) is 12.5 Å². The minimum absolute atomic E-state index is 0. The number of halogens is 3. The van der Waals surface area contributed by atoms with Crippen molar-refractivity contribution in [3.05, 3.63) is 28.2 Å². The first-order valence-corrected chi connectivity index (χ1v) is 5.13. The lowest BCUT2D eigenvalue weighted by Crippen LogP contribution is -2.11. The third-order valence-corrected chi connectivity index (χ3v) is 2.74. The van der Waals surface area contributed by atoms with Crippen LogP contribution in [-0.2, 0) is 0 Å². The normalized spacial score (nSPS) is 11.7. The highest BCUT2D eigenvalue weighted by Gasteiger charge is 2.10. The monoisotopic (exact) mass is 297 g/mol. The van der Waals surface area contributed by atoms with Gasteiger partial charge in [0.05, 0.1) is 13.8 Å². The fourth-order valence-corrected chi connectivity index (χ4v) is 1.75. The van der Waals surface area contributed by atoms with E-state index in [4.69, 9.17) is 10.5 Å². The Morgan fingerprint density at radius 1 is 1.53 bits per heavy atom. The maximum atomic E-state index is 12.1. The molecule has 0 spiro atoms. The average molecular weight is 299 g/mol. The van der Waals surface area contributed by atoms with E-state index in [2.05, 4.69) is 15.9 Å². The lowest BCUT2D eigenvalue weighted by Gasteiger charge is -2.13. The van der Waals surface area contributed by atoms with Crippen molar-refractivity contribution in [1.82, 2.24) is 0 Å². The Kier molecular flexibility index (Phi) is 6.89. The van der Waals surface area contributed by atoms with Crippen molar-refractivity contribution < 1.29 is 9.13 Å². The smallest absolute Gasteiger partial charge is 0.119 e. The first kappa shape index (κ1) is 14.7. The van der Waals surface area contributed by atoms with Crippen LogP contribution in [0.1, 0.15) is 18.0 Å². The zero-order valence-corrected chi connectivity index (χ0v) is 10.8. The van der Waals surface area contributed by atoms with Gasteiger partial charge in [-0.25, -0.2) is 0 Å². The predicted octanol–water partition coefficient (Wildman–Crippen LogP) is 3.24. The summed E-state index contributed by atoms with van der Waals surface area (Å²) < 4.78 is 18.1. The molecule has 0 aliphatic rings. The zero-order valence-electron chi connectivity index (χ0n) is 8.37. The molecule has 15 heavy (non-hydrogen) atoms. The van der Waals surface area contributed by atoms with Crippen LogP contribution in [0.5, 0.6) is 5.75 Å². The SMILES string of the molecule is COc1ccc(Br)c([C@@H](N)CCF)c1.Cl. The fraction of sp³-hybridized carbons (Fsp3) is 0.400. The van der Waals surface area contributed by atoms with E-state index in [0.717, 1.165) is 15.8 Å². The van der Waals surface area contributed by atoms with E-state index in [1.807, 2.05) is 18.2 Å². The summed E-state index contributed by atoms with van der Waals surface area (Å²) in [5, 5.41) is 0. The van der Waals surface area contributed by atoms with E-state index < -0.39 is 6.67 Å². The van der Waals surface area contributed by atoms with Crippen LogP contribution >= 0.6 is 28.3 Å². The van der Waals surface area contributed by atoms with Gasteiger partial charge in [0.1, 0.15) is 5.75 Å². The molecule has 0 bridgehead atoms. The lowest BCUT2D eigenvalue weighted by molar-refractivity contribution is 0.411. The van der Waals surface area contributed by atoms with E-state index in [1.54, 1.807) is 7.11 Å². The minimum atomic E-state index is -0.412. The highest BCUT2D eigenvalue weighted by atomic mass is 79.9. The number of methoxy groups -OCH3 is 1. The molecule has 0 aromatic heterocycles. The van der Waals surface area contributed by atoms with Crippen molar-refractivity contribution in [1.29, 1.82) is 0 Å². The molecule has 0 fully saturated rings. The number of ether oxygens (including phenoxy) is 1. The van der Waals surface area contributed by atoms with E-state index in [-0.39, 0.29) is 18.4 Å². The summed E-state index contributed by atoms with van der Waals surface area (Å²) in [7, 11) is 1.59. The van der Waals surface area contributed by atoms with Crippen LogP contribution < -0.4 is 10.5 Å². The van der Waals surface area contributed by atoms with Crippen molar-refractivity contribution in [2.24, 2.45) is 5.73 Å². The molecule has 1 aromatic carbocycles. The standard InChI is InChI=1S/C10H13BrFNO.ClH/c1-14-7-2-3-9(11)8(6-7)10(13)4-5-12;/h2-3,6,10H,4-5,13H2,1H3;1H/t10-;/m0./s1. The number of hydrogen-bond donors (Lipinski definition) is 1. The molecule has 5 heteroatoms. The Morgan fingerprint density at radius 3 is 2.73 bits per heavy atom. The molecular weight excluding hydrogens is 284 g/mol. The molecule has 86 valence electrons. The fourth-order valence-electron chi connectivity index (χ4n) is 1.21. The topological polar surface area (TPSA) is 35.2 Å². The van der Waals surface area contributed by atoms with Gasteiger partial charge in [0.15, 0.2) is 0 Å². The van der Waals surface area contributed by atoms with Crippen LogP contribution in [0.4, 0.5) is 4.39 Å². The van der Waals surface area contributed by atoms with Crippen LogP contribution in [-0.4, -0.2) is 13.8 Å². The van der Waals surface area contributed by atoms with Gasteiger partial charge in [0.2, 0.25) is 0 Å². The van der Waals surface area contributed by atoms with E-state index in [9.17, 15) is 4.39 Å². The van der Waals surface area contributed by atoms with Gasteiger partial charge in [-0.2, -0.15) is 0 Å². The highest BCUT2D eigenvalue weighted by Crippen LogP contribution is 2.28. The molecule has 1 atom stereocenters. The molecule has 0 aliphatic heterocycles. The molecule has 0 heterocycles. The average Bonchev–Trinajstić information content (AvgIpc) is 2.19. The lowest BCUT2D eigenvalue weighted by atomic mass is 10.1. The molecule has 2 nitrogen and oxygen atoms in total. The second-order valence-corrected chi connectivity index (χ2v) is 3.83. The van der Waals surface area contributed by atoms with Crippen LogP contribution in [0.15, 0.2) is 22.7 Å². The van der Waals surface area contributed by atoms with Gasteiger partial charge in [-0.3, -0.25) is 4.39 Å². The Balaban J connectivity index is 0.00000196. The van der Waals surface area contributed by atoms with Crippen LogP contribution in [0.3, 0.4) is 0 Å². The molecule has 0 unspecified atom stereocenters. The quantitative estimate of drug-likeness (QED) is 0.926. The summed E-state index contributed by atoms with van der Waals surface area (Å²) in [5.41, 5.74) is 6.68. The first-order valence-electron chi connectivity index (χ1n) is 4.34. The van der Waals surface area contributed by atoms with Gasteiger partial charge in [0, 0.05) is 10.5 Å². The van der Waals surface area contributed by atoms with E-state index >= 15 is 0 Å². The molecule has 0 saturated carbocycles. The second-order valence-electron chi connectivity index (χ2n) is 2.97. The highest BCUT2D eigenvalue weighted by molar-refractivity contribution is 9.10. The number of rotatable bonds is 4. The minimum Gasteiger partial charge on any atom is -0.497 e. The molecule has 0 amide bonds. The summed E-state index contributed by atoms with van der Waals surface area (Å²) in [4.78, 5) is 0. The Morgan fingerprint density at radius 2 is 2.20 bits per heavy atom. The maximum absolute atomic E-state index is 12.1. The van der Waals surface area contributed by atoms with Crippen LogP contribution in [0.25, 0.3) is 0 Å². The molecule has 2 N–H and O–H groups in total. The summed E-state index contributed by atoms with van der Waals surface area (Å²) >= 11 is 3.37. The zero-order chi connectivity index (χ0) is 10.6. The summed E-state index contributed by atoms with van der Waals surface area (Å²) in [6.07, 6.45) is 0.325. The Hall–Kier alpha value is -0.320. The molecule has 0 saturated heterocycles. The summed E-state index contributed by atoms with van der Waals surface area (Å²) in [6.45, 7) is -0.412. The van der Waals surface area contributed by atoms with E-state index in [0.29, 0.717) is 6.42 Å². The number of alkyl halides is 1. The summed E-state index contributed by atoms with van der Waals surface area (Å²) in [5.74, 6) is 0.734. The number of benzene rings is 1. The molecule has 0 aliphatic carbocycles. The molecule has 1 rings (SSSR count).